The first-order valence-electron chi connectivity index (χ1n) is 7.37. The average Bonchev–Trinajstić information content (AvgIpc) is 2.84. The Kier molecular flexibility index (Phi) is 4.63. The first kappa shape index (κ1) is 15.5. The van der Waals surface area contributed by atoms with Crippen LogP contribution in [0.5, 0.6) is 0 Å². The van der Waals surface area contributed by atoms with Crippen molar-refractivity contribution in [3.05, 3.63) is 35.4 Å². The second kappa shape index (κ2) is 6.26. The molecule has 1 heterocycles. The molecule has 2 rings (SSSR count). The lowest BCUT2D eigenvalue weighted by atomic mass is 9.90. The van der Waals surface area contributed by atoms with Gasteiger partial charge in [-0.1, -0.05) is 25.5 Å². The molecule has 5 heteroatoms. The lowest BCUT2D eigenvalue weighted by Gasteiger charge is -2.34. The van der Waals surface area contributed by atoms with Crippen molar-refractivity contribution in [1.29, 1.82) is 0 Å². The number of carbonyl (C=O) groups is 2. The van der Waals surface area contributed by atoms with Crippen molar-refractivity contribution in [3.8, 4) is 0 Å². The predicted octanol–water partition coefficient (Wildman–Crippen LogP) is 2.00. The summed E-state index contributed by atoms with van der Waals surface area (Å²) in [6, 6.07) is 7.11. The Morgan fingerprint density at radius 3 is 2.81 bits per heavy atom. The topological polar surface area (TPSA) is 83.6 Å². The zero-order chi connectivity index (χ0) is 15.5. The van der Waals surface area contributed by atoms with Gasteiger partial charge in [0, 0.05) is 12.1 Å². The number of carboxylic acid groups (broad SMARTS) is 1. The van der Waals surface area contributed by atoms with Crippen LogP contribution in [0.1, 0.15) is 48.5 Å². The minimum Gasteiger partial charge on any atom is -0.480 e. The van der Waals surface area contributed by atoms with E-state index in [1.807, 2.05) is 17.9 Å². The minimum absolute atomic E-state index is 0.461. The van der Waals surface area contributed by atoms with E-state index in [2.05, 4.69) is 0 Å². The summed E-state index contributed by atoms with van der Waals surface area (Å²) in [6.45, 7) is 3.31. The van der Waals surface area contributed by atoms with Crippen LogP contribution in [0.25, 0.3) is 0 Å². The van der Waals surface area contributed by atoms with Crippen molar-refractivity contribution < 1.29 is 14.7 Å². The highest BCUT2D eigenvalue weighted by molar-refractivity contribution is 5.92. The number of amides is 1. The standard InChI is InChI=1S/C16H22N2O3/c1-2-7-16(15(20)21)8-4-9-18(16)11-12-5-3-6-13(10-12)14(17)19/h3,5-6,10H,2,4,7-9,11H2,1H3,(H2,17,19)(H,20,21). The summed E-state index contributed by atoms with van der Waals surface area (Å²) in [5.41, 5.74) is 5.91. The quantitative estimate of drug-likeness (QED) is 0.839. The number of hydrogen-bond donors (Lipinski definition) is 2. The van der Waals surface area contributed by atoms with Crippen molar-refractivity contribution >= 4 is 11.9 Å². The van der Waals surface area contributed by atoms with Crippen molar-refractivity contribution in [3.63, 3.8) is 0 Å². The SMILES string of the molecule is CCCC1(C(=O)O)CCCN1Cc1cccc(C(N)=O)c1. The average molecular weight is 290 g/mol. The number of benzene rings is 1. The van der Waals surface area contributed by atoms with Gasteiger partial charge in [-0.15, -0.1) is 0 Å². The Morgan fingerprint density at radius 2 is 2.19 bits per heavy atom. The largest absolute Gasteiger partial charge is 0.480 e. The summed E-state index contributed by atoms with van der Waals surface area (Å²) >= 11 is 0. The van der Waals surface area contributed by atoms with Gasteiger partial charge in [0.1, 0.15) is 5.54 Å². The Bertz CT molecular complexity index is 544. The van der Waals surface area contributed by atoms with Crippen LogP contribution < -0.4 is 5.73 Å². The molecule has 0 saturated carbocycles. The van der Waals surface area contributed by atoms with E-state index in [0.717, 1.165) is 24.9 Å². The molecule has 1 unspecified atom stereocenters. The summed E-state index contributed by atoms with van der Waals surface area (Å²) in [5, 5.41) is 9.67. The first-order chi connectivity index (χ1) is 9.99. The molecule has 0 radical (unpaired) electrons. The number of likely N-dealkylation sites (tertiary alicyclic amines) is 1. The van der Waals surface area contributed by atoms with Gasteiger partial charge in [0.05, 0.1) is 0 Å². The Hall–Kier alpha value is -1.88. The van der Waals surface area contributed by atoms with E-state index in [1.165, 1.54) is 0 Å². The molecular weight excluding hydrogens is 268 g/mol. The van der Waals surface area contributed by atoms with Crippen LogP contribution in [0.2, 0.25) is 0 Å². The highest BCUT2D eigenvalue weighted by Crippen LogP contribution is 2.35. The van der Waals surface area contributed by atoms with Crippen LogP contribution in [-0.2, 0) is 11.3 Å². The lowest BCUT2D eigenvalue weighted by Crippen LogP contribution is -2.50. The Balaban J connectivity index is 2.23. The van der Waals surface area contributed by atoms with Gasteiger partial charge >= 0.3 is 5.97 Å². The summed E-state index contributed by atoms with van der Waals surface area (Å²) in [5.74, 6) is -1.20. The molecule has 1 aromatic carbocycles. The second-order valence-electron chi connectivity index (χ2n) is 5.68. The molecule has 0 bridgehead atoms. The number of carbonyl (C=O) groups excluding carboxylic acids is 1. The Labute approximate surface area is 124 Å². The third-order valence-electron chi connectivity index (χ3n) is 4.27. The number of hydrogen-bond acceptors (Lipinski definition) is 3. The summed E-state index contributed by atoms with van der Waals surface area (Å²) in [6.07, 6.45) is 3.06. The van der Waals surface area contributed by atoms with Crippen LogP contribution in [0.3, 0.4) is 0 Å². The van der Waals surface area contributed by atoms with Crippen LogP contribution in [0.4, 0.5) is 0 Å². The summed E-state index contributed by atoms with van der Waals surface area (Å²) in [4.78, 5) is 25.0. The van der Waals surface area contributed by atoms with E-state index in [-0.39, 0.29) is 0 Å². The second-order valence-corrected chi connectivity index (χ2v) is 5.68. The highest BCUT2D eigenvalue weighted by Gasteiger charge is 2.46. The van der Waals surface area contributed by atoms with Crippen LogP contribution >= 0.6 is 0 Å². The predicted molar refractivity (Wildman–Crippen MR) is 79.9 cm³/mol. The van der Waals surface area contributed by atoms with Crippen molar-refractivity contribution in [1.82, 2.24) is 4.90 Å². The third-order valence-corrected chi connectivity index (χ3v) is 4.27. The number of aliphatic carboxylic acids is 1. The van der Waals surface area contributed by atoms with Crippen LogP contribution in [0, 0.1) is 0 Å². The molecular formula is C16H22N2O3. The van der Waals surface area contributed by atoms with E-state index >= 15 is 0 Å². The molecule has 1 atom stereocenters. The monoisotopic (exact) mass is 290 g/mol. The van der Waals surface area contributed by atoms with Gasteiger partial charge in [-0.2, -0.15) is 0 Å². The van der Waals surface area contributed by atoms with Crippen LogP contribution in [0.15, 0.2) is 24.3 Å². The molecule has 1 saturated heterocycles. The Morgan fingerprint density at radius 1 is 1.43 bits per heavy atom. The maximum absolute atomic E-state index is 11.8. The molecule has 5 nitrogen and oxygen atoms in total. The van der Waals surface area contributed by atoms with E-state index in [9.17, 15) is 14.7 Å². The van der Waals surface area contributed by atoms with Crippen molar-refractivity contribution in [2.45, 2.75) is 44.7 Å². The molecule has 1 aliphatic heterocycles. The van der Waals surface area contributed by atoms with Crippen molar-refractivity contribution in [2.75, 3.05) is 6.54 Å². The van der Waals surface area contributed by atoms with Gasteiger partial charge in [-0.05, 0) is 43.5 Å². The molecule has 0 spiro atoms. The maximum atomic E-state index is 11.8. The molecule has 0 aliphatic carbocycles. The fourth-order valence-corrected chi connectivity index (χ4v) is 3.25. The highest BCUT2D eigenvalue weighted by atomic mass is 16.4. The number of rotatable bonds is 6. The molecule has 21 heavy (non-hydrogen) atoms. The number of primary amides is 1. The third kappa shape index (κ3) is 3.08. The molecule has 1 fully saturated rings. The molecule has 114 valence electrons. The molecule has 0 aromatic heterocycles. The number of carboxylic acids is 1. The van der Waals surface area contributed by atoms with E-state index in [0.29, 0.717) is 24.9 Å². The fraction of sp³-hybridized carbons (Fsp3) is 0.500. The summed E-state index contributed by atoms with van der Waals surface area (Å²) in [7, 11) is 0. The minimum atomic E-state index is -0.766. The van der Waals surface area contributed by atoms with Crippen molar-refractivity contribution in [2.24, 2.45) is 5.73 Å². The van der Waals surface area contributed by atoms with E-state index in [1.54, 1.807) is 18.2 Å². The smallest absolute Gasteiger partial charge is 0.324 e. The normalized spacial score (nSPS) is 22.3. The molecule has 3 N–H and O–H groups in total. The molecule has 1 aromatic rings. The van der Waals surface area contributed by atoms with E-state index in [4.69, 9.17) is 5.73 Å². The van der Waals surface area contributed by atoms with Gasteiger partial charge in [-0.3, -0.25) is 14.5 Å². The maximum Gasteiger partial charge on any atom is 0.324 e. The van der Waals surface area contributed by atoms with Crippen LogP contribution in [-0.4, -0.2) is 34.0 Å². The lowest BCUT2D eigenvalue weighted by molar-refractivity contribution is -0.150. The van der Waals surface area contributed by atoms with Gasteiger partial charge in [0.15, 0.2) is 0 Å². The first-order valence-corrected chi connectivity index (χ1v) is 7.37. The van der Waals surface area contributed by atoms with Gasteiger partial charge in [0.25, 0.3) is 0 Å². The summed E-state index contributed by atoms with van der Waals surface area (Å²) < 4.78 is 0. The fourth-order valence-electron chi connectivity index (χ4n) is 3.25. The number of nitrogens with zero attached hydrogens (tertiary/aromatic N) is 1. The zero-order valence-corrected chi connectivity index (χ0v) is 12.3. The number of nitrogens with two attached hydrogens (primary N) is 1. The van der Waals surface area contributed by atoms with E-state index < -0.39 is 17.4 Å². The van der Waals surface area contributed by atoms with Gasteiger partial charge in [0.2, 0.25) is 5.91 Å². The van der Waals surface area contributed by atoms with Gasteiger partial charge in [-0.25, -0.2) is 0 Å². The van der Waals surface area contributed by atoms with Gasteiger partial charge < -0.3 is 10.8 Å². The molecule has 1 aliphatic rings. The zero-order valence-electron chi connectivity index (χ0n) is 12.3. The molecule has 1 amide bonds.